The Morgan fingerprint density at radius 1 is 1.22 bits per heavy atom. The third-order valence-electron chi connectivity index (χ3n) is 5.03. The molecule has 0 N–H and O–H groups in total. The lowest BCUT2D eigenvalue weighted by Crippen LogP contribution is -2.30. The average molecular weight is 381 g/mol. The van der Waals surface area contributed by atoms with E-state index in [2.05, 4.69) is 6.07 Å². The van der Waals surface area contributed by atoms with Gasteiger partial charge in [-0.05, 0) is 56.0 Å². The van der Waals surface area contributed by atoms with Gasteiger partial charge in [-0.1, -0.05) is 24.3 Å². The predicted octanol–water partition coefficient (Wildman–Crippen LogP) is 4.99. The number of ether oxygens (including phenoxy) is 1. The number of carbonyl (C=O) groups is 1. The number of aromatic nitrogens is 1. The van der Waals surface area contributed by atoms with Crippen molar-refractivity contribution in [2.75, 3.05) is 13.2 Å². The molecule has 140 valence electrons. The first-order valence-electron chi connectivity index (χ1n) is 9.61. The van der Waals surface area contributed by atoms with E-state index in [-0.39, 0.29) is 11.9 Å². The molecule has 1 saturated heterocycles. The van der Waals surface area contributed by atoms with Crippen LogP contribution in [0.2, 0.25) is 0 Å². The predicted molar refractivity (Wildman–Crippen MR) is 109 cm³/mol. The highest BCUT2D eigenvalue weighted by Gasteiger charge is 2.31. The second kappa shape index (κ2) is 8.09. The van der Waals surface area contributed by atoms with Gasteiger partial charge in [-0.2, -0.15) is 0 Å². The molecule has 1 fully saturated rings. The summed E-state index contributed by atoms with van der Waals surface area (Å²) < 4.78 is 6.67. The molecule has 0 bridgehead atoms. The normalized spacial score (nSPS) is 16.8. The van der Waals surface area contributed by atoms with Crippen LogP contribution in [0.5, 0.6) is 5.75 Å². The molecule has 1 atom stereocenters. The van der Waals surface area contributed by atoms with E-state index in [1.54, 1.807) is 11.3 Å². The Morgan fingerprint density at radius 3 is 2.81 bits per heavy atom. The third-order valence-corrected chi connectivity index (χ3v) is 6.17. The molecule has 2 heterocycles. The number of rotatable bonds is 6. The number of amides is 1. The highest BCUT2D eigenvalue weighted by Crippen LogP contribution is 2.36. The van der Waals surface area contributed by atoms with Crippen LogP contribution in [0.4, 0.5) is 0 Å². The Hall–Kier alpha value is -2.40. The number of nitrogens with zero attached hydrogens (tertiary/aromatic N) is 2. The van der Waals surface area contributed by atoms with Crippen LogP contribution in [0.1, 0.15) is 42.8 Å². The molecule has 0 aliphatic carbocycles. The summed E-state index contributed by atoms with van der Waals surface area (Å²) >= 11 is 1.72. The SMILES string of the molecule is CCOc1ccc(CCC(=O)N2CCCC2c2nc3ccccc3s2)cc1. The van der Waals surface area contributed by atoms with Crippen molar-refractivity contribution in [1.82, 2.24) is 9.88 Å². The van der Waals surface area contributed by atoms with Crippen molar-refractivity contribution in [3.05, 3.63) is 59.1 Å². The van der Waals surface area contributed by atoms with Crippen LogP contribution in [0.15, 0.2) is 48.5 Å². The van der Waals surface area contributed by atoms with E-state index in [1.165, 1.54) is 10.3 Å². The standard InChI is InChI=1S/C22H24N2O2S/c1-2-26-17-12-9-16(10-13-17)11-14-21(25)24-15-5-7-19(24)22-23-18-6-3-4-8-20(18)27-22/h3-4,6,8-10,12-13,19H,2,5,7,11,14-15H2,1H3. The molecule has 4 rings (SSSR count). The van der Waals surface area contributed by atoms with Crippen molar-refractivity contribution in [3.8, 4) is 5.75 Å². The largest absolute Gasteiger partial charge is 0.494 e. The number of likely N-dealkylation sites (tertiary alicyclic amines) is 1. The molecular formula is C22H24N2O2S. The Bertz CT molecular complexity index is 886. The molecular weight excluding hydrogens is 356 g/mol. The first kappa shape index (κ1) is 18.0. The van der Waals surface area contributed by atoms with Gasteiger partial charge in [0.15, 0.2) is 0 Å². The molecule has 0 spiro atoms. The Balaban J connectivity index is 1.41. The highest BCUT2D eigenvalue weighted by molar-refractivity contribution is 7.18. The lowest BCUT2D eigenvalue weighted by molar-refractivity contribution is -0.132. The second-order valence-electron chi connectivity index (χ2n) is 6.84. The summed E-state index contributed by atoms with van der Waals surface area (Å²) in [5, 5.41) is 1.07. The monoisotopic (exact) mass is 380 g/mol. The molecule has 1 aromatic heterocycles. The molecule has 27 heavy (non-hydrogen) atoms. The van der Waals surface area contributed by atoms with Gasteiger partial charge in [-0.3, -0.25) is 4.79 Å². The van der Waals surface area contributed by atoms with Crippen molar-refractivity contribution >= 4 is 27.5 Å². The van der Waals surface area contributed by atoms with E-state index < -0.39 is 0 Å². The number of para-hydroxylation sites is 1. The Labute approximate surface area is 163 Å². The topological polar surface area (TPSA) is 42.4 Å². The van der Waals surface area contributed by atoms with Crippen molar-refractivity contribution in [2.45, 2.75) is 38.6 Å². The Morgan fingerprint density at radius 2 is 2.04 bits per heavy atom. The number of hydrogen-bond donors (Lipinski definition) is 0. The van der Waals surface area contributed by atoms with Gasteiger partial charge in [-0.25, -0.2) is 4.98 Å². The minimum atomic E-state index is 0.134. The molecule has 3 aromatic rings. The molecule has 1 amide bonds. The summed E-state index contributed by atoms with van der Waals surface area (Å²) in [5.41, 5.74) is 2.20. The number of fused-ring (bicyclic) bond motifs is 1. The zero-order valence-corrected chi connectivity index (χ0v) is 16.4. The maximum Gasteiger partial charge on any atom is 0.223 e. The van der Waals surface area contributed by atoms with Crippen LogP contribution in [-0.4, -0.2) is 28.9 Å². The molecule has 4 nitrogen and oxygen atoms in total. The highest BCUT2D eigenvalue weighted by atomic mass is 32.1. The minimum Gasteiger partial charge on any atom is -0.494 e. The molecule has 1 aliphatic heterocycles. The van der Waals surface area contributed by atoms with Crippen LogP contribution in [0.3, 0.4) is 0 Å². The second-order valence-corrected chi connectivity index (χ2v) is 7.90. The van der Waals surface area contributed by atoms with E-state index in [0.29, 0.717) is 13.0 Å². The molecule has 0 radical (unpaired) electrons. The summed E-state index contributed by atoms with van der Waals surface area (Å²) in [6.07, 6.45) is 3.35. The first-order valence-corrected chi connectivity index (χ1v) is 10.4. The van der Waals surface area contributed by atoms with E-state index in [4.69, 9.17) is 9.72 Å². The quantitative estimate of drug-likeness (QED) is 0.605. The number of thiazole rings is 1. The molecule has 1 unspecified atom stereocenters. The lowest BCUT2D eigenvalue weighted by atomic mass is 10.1. The third kappa shape index (κ3) is 3.98. The summed E-state index contributed by atoms with van der Waals surface area (Å²) in [7, 11) is 0. The first-order chi connectivity index (χ1) is 13.2. The fourth-order valence-electron chi connectivity index (χ4n) is 3.67. The van der Waals surface area contributed by atoms with Crippen molar-refractivity contribution in [1.29, 1.82) is 0 Å². The smallest absolute Gasteiger partial charge is 0.223 e. The molecule has 5 heteroatoms. The van der Waals surface area contributed by atoms with Crippen molar-refractivity contribution < 1.29 is 9.53 Å². The van der Waals surface area contributed by atoms with Crippen LogP contribution < -0.4 is 4.74 Å². The minimum absolute atomic E-state index is 0.134. The fourth-order valence-corrected chi connectivity index (χ4v) is 4.78. The van der Waals surface area contributed by atoms with Crippen molar-refractivity contribution in [3.63, 3.8) is 0 Å². The fraction of sp³-hybridized carbons (Fsp3) is 0.364. The summed E-state index contributed by atoms with van der Waals surface area (Å²) in [4.78, 5) is 19.7. The van der Waals surface area contributed by atoms with Gasteiger partial charge < -0.3 is 9.64 Å². The number of aryl methyl sites for hydroxylation is 1. The van der Waals surface area contributed by atoms with E-state index >= 15 is 0 Å². The van der Waals surface area contributed by atoms with Gasteiger partial charge in [0.25, 0.3) is 0 Å². The van der Waals surface area contributed by atoms with Gasteiger partial charge >= 0.3 is 0 Å². The van der Waals surface area contributed by atoms with Gasteiger partial charge in [-0.15, -0.1) is 11.3 Å². The lowest BCUT2D eigenvalue weighted by Gasteiger charge is -2.23. The zero-order valence-electron chi connectivity index (χ0n) is 15.6. The van der Waals surface area contributed by atoms with Crippen molar-refractivity contribution in [2.24, 2.45) is 0 Å². The maximum atomic E-state index is 12.9. The van der Waals surface area contributed by atoms with Crippen LogP contribution >= 0.6 is 11.3 Å². The number of carbonyl (C=O) groups excluding carboxylic acids is 1. The number of hydrogen-bond acceptors (Lipinski definition) is 4. The molecule has 0 saturated carbocycles. The van der Waals surface area contributed by atoms with E-state index in [9.17, 15) is 4.79 Å². The van der Waals surface area contributed by atoms with Gasteiger partial charge in [0.1, 0.15) is 10.8 Å². The summed E-state index contributed by atoms with van der Waals surface area (Å²) in [5.74, 6) is 1.11. The summed E-state index contributed by atoms with van der Waals surface area (Å²) in [6.45, 7) is 3.48. The molecule has 2 aromatic carbocycles. The van der Waals surface area contributed by atoms with E-state index in [0.717, 1.165) is 42.1 Å². The Kier molecular flexibility index (Phi) is 5.39. The number of benzene rings is 2. The summed E-state index contributed by atoms with van der Waals surface area (Å²) in [6, 6.07) is 16.4. The van der Waals surface area contributed by atoms with Gasteiger partial charge in [0.05, 0.1) is 22.9 Å². The van der Waals surface area contributed by atoms with Gasteiger partial charge in [0.2, 0.25) is 5.91 Å². The van der Waals surface area contributed by atoms with Crippen LogP contribution in [0, 0.1) is 0 Å². The van der Waals surface area contributed by atoms with E-state index in [1.807, 2.05) is 54.3 Å². The maximum absolute atomic E-state index is 12.9. The van der Waals surface area contributed by atoms with Crippen LogP contribution in [-0.2, 0) is 11.2 Å². The molecule has 1 aliphatic rings. The van der Waals surface area contributed by atoms with Gasteiger partial charge in [0, 0.05) is 13.0 Å². The average Bonchev–Trinajstić information content (AvgIpc) is 3.34. The zero-order chi connectivity index (χ0) is 18.6. The van der Waals surface area contributed by atoms with Crippen LogP contribution in [0.25, 0.3) is 10.2 Å².